The maximum absolute atomic E-state index is 12.7. The van der Waals surface area contributed by atoms with E-state index in [9.17, 15) is 19.7 Å². The Morgan fingerprint density at radius 2 is 1.85 bits per heavy atom. The molecule has 0 aliphatic carbocycles. The van der Waals surface area contributed by atoms with Crippen LogP contribution < -0.4 is 26.5 Å². The van der Waals surface area contributed by atoms with E-state index >= 15 is 0 Å². The van der Waals surface area contributed by atoms with Crippen LogP contribution in [0, 0.1) is 10.1 Å². The molecule has 2 aromatic rings. The van der Waals surface area contributed by atoms with Gasteiger partial charge in [0, 0.05) is 30.6 Å². The highest BCUT2D eigenvalue weighted by molar-refractivity contribution is 5.51. The number of rotatable bonds is 6. The topological polar surface area (TPSA) is 132 Å². The van der Waals surface area contributed by atoms with Crippen molar-refractivity contribution in [3.05, 3.63) is 60.3 Å². The minimum Gasteiger partial charge on any atom is -0.497 e. The van der Waals surface area contributed by atoms with Crippen molar-refractivity contribution >= 4 is 5.82 Å². The largest absolute Gasteiger partial charge is 0.497 e. The van der Waals surface area contributed by atoms with E-state index in [-0.39, 0.29) is 11.4 Å². The lowest BCUT2D eigenvalue weighted by atomic mass is 9.91. The predicted molar refractivity (Wildman–Crippen MR) is 94.6 cm³/mol. The minimum absolute atomic E-state index is 0.0326. The van der Waals surface area contributed by atoms with Gasteiger partial charge < -0.3 is 15.2 Å². The third-order valence-electron chi connectivity index (χ3n) is 4.24. The molecule has 1 unspecified atom stereocenters. The number of methoxy groups -OCH3 is 2. The summed E-state index contributed by atoms with van der Waals surface area (Å²) in [4.78, 5) is 35.4. The van der Waals surface area contributed by atoms with E-state index in [0.29, 0.717) is 17.1 Å². The van der Waals surface area contributed by atoms with Crippen molar-refractivity contribution in [1.82, 2.24) is 9.13 Å². The first-order chi connectivity index (χ1) is 12.2. The van der Waals surface area contributed by atoms with Gasteiger partial charge >= 0.3 is 5.69 Å². The Hall–Kier alpha value is -3.30. The number of hydrogen-bond donors (Lipinski definition) is 1. The second-order valence-electron chi connectivity index (χ2n) is 5.68. The van der Waals surface area contributed by atoms with Crippen LogP contribution in [0.4, 0.5) is 5.82 Å². The van der Waals surface area contributed by atoms with Gasteiger partial charge in [-0.3, -0.25) is 24.0 Å². The third-order valence-corrected chi connectivity index (χ3v) is 4.24. The van der Waals surface area contributed by atoms with Crippen LogP contribution in [0.1, 0.15) is 17.0 Å². The van der Waals surface area contributed by atoms with Crippen LogP contribution in [0.15, 0.2) is 27.8 Å². The summed E-state index contributed by atoms with van der Waals surface area (Å²) in [6.07, 6.45) is 0. The summed E-state index contributed by atoms with van der Waals surface area (Å²) in [5.74, 6) is -0.322. The monoisotopic (exact) mass is 364 g/mol. The molecule has 0 spiro atoms. The second-order valence-corrected chi connectivity index (χ2v) is 5.68. The molecule has 0 bridgehead atoms. The molecule has 0 fully saturated rings. The van der Waals surface area contributed by atoms with Crippen LogP contribution in [0.25, 0.3) is 0 Å². The normalized spacial score (nSPS) is 11.8. The number of nitro groups is 1. The number of hydrogen-bond acceptors (Lipinski definition) is 7. The lowest BCUT2D eigenvalue weighted by Gasteiger charge is -2.20. The molecule has 0 amide bonds. The van der Waals surface area contributed by atoms with E-state index in [0.717, 1.165) is 9.13 Å². The molecule has 0 aliphatic heterocycles. The molecule has 0 aliphatic rings. The Kier molecular flexibility index (Phi) is 5.34. The maximum atomic E-state index is 12.7. The highest BCUT2D eigenvalue weighted by Gasteiger charge is 2.30. The van der Waals surface area contributed by atoms with Crippen molar-refractivity contribution in [2.45, 2.75) is 5.92 Å². The predicted octanol–water partition coefficient (Wildman–Crippen LogP) is 0.0920. The summed E-state index contributed by atoms with van der Waals surface area (Å²) < 4.78 is 12.4. The van der Waals surface area contributed by atoms with Crippen LogP contribution in [0.3, 0.4) is 0 Å². The minimum atomic E-state index is -1.00. The molecule has 2 rings (SSSR count). The molecule has 1 aromatic carbocycles. The molecule has 10 heteroatoms. The van der Waals surface area contributed by atoms with Gasteiger partial charge in [-0.05, 0) is 6.07 Å². The Labute approximate surface area is 148 Å². The SMILES string of the molecule is COc1ccc(C(C[N+](=O)[O-])c2c(N)n(C)c(=O)n(C)c2=O)c(OC)c1. The summed E-state index contributed by atoms with van der Waals surface area (Å²) >= 11 is 0. The van der Waals surface area contributed by atoms with Crippen LogP contribution in [0.2, 0.25) is 0 Å². The molecule has 1 heterocycles. The van der Waals surface area contributed by atoms with Gasteiger partial charge in [0.25, 0.3) is 5.56 Å². The van der Waals surface area contributed by atoms with Crippen molar-refractivity contribution in [3.63, 3.8) is 0 Å². The third kappa shape index (κ3) is 3.25. The Balaban J connectivity index is 2.82. The number of benzene rings is 1. The number of nitrogen functional groups attached to an aromatic ring is 1. The summed E-state index contributed by atoms with van der Waals surface area (Å²) in [5, 5.41) is 11.3. The quantitative estimate of drug-likeness (QED) is 0.567. The van der Waals surface area contributed by atoms with Gasteiger partial charge in [0.2, 0.25) is 6.54 Å². The van der Waals surface area contributed by atoms with Crippen LogP contribution in [0.5, 0.6) is 11.5 Å². The van der Waals surface area contributed by atoms with Crippen LogP contribution in [-0.4, -0.2) is 34.8 Å². The zero-order valence-corrected chi connectivity index (χ0v) is 14.9. The molecule has 2 N–H and O–H groups in total. The first-order valence-corrected chi connectivity index (χ1v) is 7.62. The van der Waals surface area contributed by atoms with E-state index in [2.05, 4.69) is 0 Å². The van der Waals surface area contributed by atoms with Crippen molar-refractivity contribution < 1.29 is 14.4 Å². The zero-order chi connectivity index (χ0) is 19.6. The zero-order valence-electron chi connectivity index (χ0n) is 14.9. The van der Waals surface area contributed by atoms with E-state index in [4.69, 9.17) is 15.2 Å². The molecule has 1 atom stereocenters. The Morgan fingerprint density at radius 1 is 1.19 bits per heavy atom. The van der Waals surface area contributed by atoms with Crippen molar-refractivity contribution in [2.75, 3.05) is 26.5 Å². The van der Waals surface area contributed by atoms with Gasteiger partial charge in [-0.15, -0.1) is 0 Å². The van der Waals surface area contributed by atoms with E-state index in [1.807, 2.05) is 0 Å². The van der Waals surface area contributed by atoms with Gasteiger partial charge in [-0.25, -0.2) is 4.79 Å². The van der Waals surface area contributed by atoms with Crippen molar-refractivity contribution in [1.29, 1.82) is 0 Å². The maximum Gasteiger partial charge on any atom is 0.332 e. The second kappa shape index (κ2) is 7.30. The Bertz CT molecular complexity index is 962. The molecule has 1 aromatic heterocycles. The van der Waals surface area contributed by atoms with Gasteiger partial charge in [0.05, 0.1) is 25.7 Å². The average molecular weight is 364 g/mol. The number of ether oxygens (including phenoxy) is 2. The molecule has 26 heavy (non-hydrogen) atoms. The van der Waals surface area contributed by atoms with Crippen molar-refractivity contribution in [3.8, 4) is 11.5 Å². The highest BCUT2D eigenvalue weighted by Crippen LogP contribution is 2.35. The molecular formula is C16H20N4O6. The van der Waals surface area contributed by atoms with E-state index in [1.165, 1.54) is 28.3 Å². The lowest BCUT2D eigenvalue weighted by Crippen LogP contribution is -2.42. The summed E-state index contributed by atoms with van der Waals surface area (Å²) in [7, 11) is 5.57. The average Bonchev–Trinajstić information content (AvgIpc) is 2.63. The molecule has 0 saturated carbocycles. The molecule has 0 saturated heterocycles. The number of aromatic nitrogens is 2. The van der Waals surface area contributed by atoms with Gasteiger partial charge in [-0.2, -0.15) is 0 Å². The number of nitrogens with two attached hydrogens (primary N) is 1. The molecule has 0 radical (unpaired) electrons. The smallest absolute Gasteiger partial charge is 0.332 e. The number of anilines is 1. The van der Waals surface area contributed by atoms with E-state index in [1.54, 1.807) is 18.2 Å². The van der Waals surface area contributed by atoms with Crippen LogP contribution >= 0.6 is 0 Å². The molecule has 140 valence electrons. The fourth-order valence-corrected chi connectivity index (χ4v) is 2.81. The Morgan fingerprint density at radius 3 is 2.38 bits per heavy atom. The van der Waals surface area contributed by atoms with Gasteiger partial charge in [0.15, 0.2) is 0 Å². The first-order valence-electron chi connectivity index (χ1n) is 7.62. The fraction of sp³-hybridized carbons (Fsp3) is 0.375. The van der Waals surface area contributed by atoms with Crippen molar-refractivity contribution in [2.24, 2.45) is 14.1 Å². The summed E-state index contributed by atoms with van der Waals surface area (Å²) in [6, 6.07) is 4.74. The fourth-order valence-electron chi connectivity index (χ4n) is 2.81. The molecule has 10 nitrogen and oxygen atoms in total. The first kappa shape index (κ1) is 19.0. The highest BCUT2D eigenvalue weighted by atomic mass is 16.6. The van der Waals surface area contributed by atoms with Crippen LogP contribution in [-0.2, 0) is 14.1 Å². The van der Waals surface area contributed by atoms with Gasteiger partial charge in [-0.1, -0.05) is 6.07 Å². The number of nitrogens with zero attached hydrogens (tertiary/aromatic N) is 3. The molecular weight excluding hydrogens is 344 g/mol. The standard InChI is InChI=1S/C16H20N4O6/c1-18-14(17)13(15(21)19(2)16(18)22)11(8-20(23)24)10-6-5-9(25-3)7-12(10)26-4/h5-7,11H,8,17H2,1-4H3. The summed E-state index contributed by atoms with van der Waals surface area (Å²) in [5.41, 5.74) is 5.04. The van der Waals surface area contributed by atoms with Gasteiger partial charge in [0.1, 0.15) is 17.3 Å². The van der Waals surface area contributed by atoms with E-state index < -0.39 is 28.6 Å². The lowest BCUT2D eigenvalue weighted by molar-refractivity contribution is -0.481. The summed E-state index contributed by atoms with van der Waals surface area (Å²) in [6.45, 7) is -0.597.